The van der Waals surface area contributed by atoms with Gasteiger partial charge >= 0.3 is 51.4 Å². The van der Waals surface area contributed by atoms with Crippen LogP contribution in [0, 0.1) is 0 Å². The van der Waals surface area contributed by atoms with Gasteiger partial charge in [0.15, 0.2) is 0 Å². The second-order valence-electron chi connectivity index (χ2n) is 1.60. The minimum atomic E-state index is 0. The molecule has 0 aliphatic heterocycles. The molecule has 1 aromatic heterocycles. The molecular formula is C8H8KN. The summed E-state index contributed by atoms with van der Waals surface area (Å²) >= 11 is 0. The Morgan fingerprint density at radius 3 is 1.50 bits per heavy atom. The van der Waals surface area contributed by atoms with Crippen LogP contribution >= 0.6 is 0 Å². The van der Waals surface area contributed by atoms with Crippen LogP contribution in [-0.4, -0.2) is 0 Å². The summed E-state index contributed by atoms with van der Waals surface area (Å²) in [5.74, 6) is 0. The van der Waals surface area contributed by atoms with E-state index in [2.05, 4.69) is 4.98 Å². The van der Waals surface area contributed by atoms with Gasteiger partial charge in [-0.15, -0.1) is 0 Å². The third-order valence-corrected chi connectivity index (χ3v) is 0.900. The van der Waals surface area contributed by atoms with Crippen LogP contribution in [0.25, 0.3) is 0 Å². The van der Waals surface area contributed by atoms with Gasteiger partial charge in [-0.2, -0.15) is 12.4 Å². The summed E-state index contributed by atoms with van der Waals surface area (Å²) in [6.07, 6.45) is 3.50. The van der Waals surface area contributed by atoms with Crippen molar-refractivity contribution in [1.82, 2.24) is 4.98 Å². The first kappa shape index (κ1) is 10.4. The molecule has 0 amide bonds. The number of aromatic nitrogens is 1. The molecule has 0 radical (unpaired) electrons. The fourth-order valence-corrected chi connectivity index (χ4v) is 0.505. The first-order chi connectivity index (χ1) is 4.50. The molecule has 1 heterocycles. The fourth-order valence-electron chi connectivity index (χ4n) is 0.505. The normalized spacial score (nSPS) is 7.20. The Balaban J connectivity index is 0.000000810. The topological polar surface area (TPSA) is 14.1 Å². The number of rotatable bonds is 0. The summed E-state index contributed by atoms with van der Waals surface area (Å²) in [6, 6.07) is 11.6. The van der Waals surface area contributed by atoms with Gasteiger partial charge in [-0.25, -0.2) is 0 Å². The molecule has 10 heavy (non-hydrogen) atoms. The zero-order chi connectivity index (χ0) is 6.36. The SMILES string of the molecule is [K+].c1cccc[n-]ccc1. The van der Waals surface area contributed by atoms with Crippen LogP contribution in [0.2, 0.25) is 0 Å². The van der Waals surface area contributed by atoms with Gasteiger partial charge in [0.1, 0.15) is 0 Å². The van der Waals surface area contributed by atoms with Gasteiger partial charge < -0.3 is 4.98 Å². The Bertz CT molecular complexity index is 131. The zero-order valence-corrected chi connectivity index (χ0v) is 9.19. The first-order valence-corrected chi connectivity index (χ1v) is 2.85. The molecule has 0 N–H and O–H groups in total. The Hall–Kier alpha value is 0.396. The Kier molecular flexibility index (Phi) is 7.80. The summed E-state index contributed by atoms with van der Waals surface area (Å²) in [5, 5.41) is 0. The van der Waals surface area contributed by atoms with Crippen LogP contribution in [0.3, 0.4) is 0 Å². The Morgan fingerprint density at radius 2 is 1.00 bits per heavy atom. The van der Waals surface area contributed by atoms with Crippen LogP contribution < -0.4 is 56.4 Å². The van der Waals surface area contributed by atoms with Crippen molar-refractivity contribution in [2.45, 2.75) is 0 Å². The summed E-state index contributed by atoms with van der Waals surface area (Å²) in [4.78, 5) is 3.93. The maximum absolute atomic E-state index is 3.93. The minimum absolute atomic E-state index is 0. The van der Waals surface area contributed by atoms with E-state index in [-0.39, 0.29) is 51.4 Å². The first-order valence-electron chi connectivity index (χ1n) is 2.85. The smallest absolute Gasteiger partial charge is 0.670 e. The Morgan fingerprint density at radius 1 is 0.600 bits per heavy atom. The number of hydrogen-bond donors (Lipinski definition) is 0. The molecule has 0 saturated carbocycles. The van der Waals surface area contributed by atoms with Gasteiger partial charge in [0.2, 0.25) is 0 Å². The summed E-state index contributed by atoms with van der Waals surface area (Å²) < 4.78 is 0. The number of hydrogen-bond acceptors (Lipinski definition) is 0. The van der Waals surface area contributed by atoms with Crippen LogP contribution in [0.5, 0.6) is 0 Å². The second-order valence-corrected chi connectivity index (χ2v) is 1.60. The van der Waals surface area contributed by atoms with Gasteiger partial charge in [-0.3, -0.25) is 0 Å². The van der Waals surface area contributed by atoms with E-state index < -0.39 is 0 Å². The predicted molar refractivity (Wildman–Crippen MR) is 37.4 cm³/mol. The predicted octanol–water partition coefficient (Wildman–Crippen LogP) is -1.23. The molecule has 0 aliphatic rings. The van der Waals surface area contributed by atoms with Gasteiger partial charge in [-0.05, 0) is 0 Å². The van der Waals surface area contributed by atoms with Crippen LogP contribution in [0.1, 0.15) is 0 Å². The fraction of sp³-hybridized carbons (Fsp3) is 0. The van der Waals surface area contributed by atoms with Crippen molar-refractivity contribution in [2.75, 3.05) is 0 Å². The summed E-state index contributed by atoms with van der Waals surface area (Å²) in [7, 11) is 0. The maximum Gasteiger partial charge on any atom is 1.00 e. The molecule has 2 heteroatoms. The minimum Gasteiger partial charge on any atom is -0.670 e. The molecule has 1 rings (SSSR count). The average Bonchev–Trinajstić information content (AvgIpc) is 2.00. The van der Waals surface area contributed by atoms with Crippen molar-refractivity contribution in [3.05, 3.63) is 48.8 Å². The number of nitrogens with zero attached hydrogens (tertiary/aromatic N) is 1. The Labute approximate surface area is 104 Å². The second kappa shape index (κ2) is 7.50. The molecule has 0 spiro atoms. The van der Waals surface area contributed by atoms with E-state index in [0.717, 1.165) is 0 Å². The largest absolute Gasteiger partial charge is 1.00 e. The van der Waals surface area contributed by atoms with Crippen LogP contribution in [-0.2, 0) is 0 Å². The molecule has 0 bridgehead atoms. The van der Waals surface area contributed by atoms with E-state index >= 15 is 0 Å². The molecule has 0 fully saturated rings. The summed E-state index contributed by atoms with van der Waals surface area (Å²) in [6.45, 7) is 0. The molecule has 0 unspecified atom stereocenters. The third-order valence-electron chi connectivity index (χ3n) is 0.900. The molecular weight excluding hydrogens is 149 g/mol. The van der Waals surface area contributed by atoms with Crippen molar-refractivity contribution in [2.24, 2.45) is 0 Å². The molecule has 46 valence electrons. The van der Waals surface area contributed by atoms with Crippen molar-refractivity contribution in [3.63, 3.8) is 0 Å². The molecule has 1 nitrogen and oxygen atoms in total. The van der Waals surface area contributed by atoms with Crippen molar-refractivity contribution in [3.8, 4) is 0 Å². The van der Waals surface area contributed by atoms with E-state index in [4.69, 9.17) is 0 Å². The van der Waals surface area contributed by atoms with Crippen LogP contribution in [0.4, 0.5) is 0 Å². The van der Waals surface area contributed by atoms with E-state index in [1.54, 1.807) is 12.4 Å². The monoisotopic (exact) mass is 157 g/mol. The van der Waals surface area contributed by atoms with Gasteiger partial charge in [-0.1, -0.05) is 36.4 Å². The maximum atomic E-state index is 3.93. The average molecular weight is 157 g/mol. The van der Waals surface area contributed by atoms with Gasteiger partial charge in [0.25, 0.3) is 0 Å². The molecule has 0 aromatic carbocycles. The van der Waals surface area contributed by atoms with Crippen LogP contribution in [0.15, 0.2) is 48.8 Å². The van der Waals surface area contributed by atoms with E-state index in [9.17, 15) is 0 Å². The quantitative estimate of drug-likeness (QED) is 0.430. The van der Waals surface area contributed by atoms with E-state index in [1.807, 2.05) is 36.4 Å². The standard InChI is InChI=1S/C8H8N.K/c1-2-4-6-8-9-7-5-3-1;/h1-8H;/q-1;+1. The summed E-state index contributed by atoms with van der Waals surface area (Å²) in [5.41, 5.74) is 0. The van der Waals surface area contributed by atoms with Gasteiger partial charge in [0.05, 0.1) is 0 Å². The molecule has 1 aromatic rings. The van der Waals surface area contributed by atoms with Crippen molar-refractivity contribution in [1.29, 1.82) is 0 Å². The van der Waals surface area contributed by atoms with E-state index in [1.165, 1.54) is 0 Å². The molecule has 0 saturated heterocycles. The van der Waals surface area contributed by atoms with Gasteiger partial charge in [0, 0.05) is 0 Å². The molecule has 0 atom stereocenters. The third kappa shape index (κ3) is 5.20. The van der Waals surface area contributed by atoms with Crippen molar-refractivity contribution >= 4 is 0 Å². The van der Waals surface area contributed by atoms with E-state index in [0.29, 0.717) is 0 Å². The van der Waals surface area contributed by atoms with Crippen molar-refractivity contribution < 1.29 is 51.4 Å². The molecule has 0 aliphatic carbocycles. The zero-order valence-electron chi connectivity index (χ0n) is 6.07.